The predicted molar refractivity (Wildman–Crippen MR) is 104 cm³/mol. The lowest BCUT2D eigenvalue weighted by atomic mass is 9.59. The van der Waals surface area contributed by atoms with Gasteiger partial charge in [-0.1, -0.05) is 26.2 Å². The molecule has 1 aromatic rings. The number of amides is 2. The van der Waals surface area contributed by atoms with Crippen LogP contribution in [0.25, 0.3) is 0 Å². The predicted octanol–water partition coefficient (Wildman–Crippen LogP) is 3.71. The van der Waals surface area contributed by atoms with E-state index in [0.29, 0.717) is 12.3 Å². The van der Waals surface area contributed by atoms with Gasteiger partial charge < -0.3 is 9.80 Å². The van der Waals surface area contributed by atoms with E-state index in [2.05, 4.69) is 22.0 Å². The minimum Gasteiger partial charge on any atom is -0.343 e. The van der Waals surface area contributed by atoms with Gasteiger partial charge >= 0.3 is 0 Å². The Labute approximate surface area is 162 Å². The number of piperidine rings is 1. The number of hydrogen-bond acceptors (Lipinski definition) is 3. The van der Waals surface area contributed by atoms with Gasteiger partial charge in [0.05, 0.1) is 11.5 Å². The Hall–Kier alpha value is -1.91. The highest BCUT2D eigenvalue weighted by Gasteiger charge is 2.62. The molecule has 146 valence electrons. The molecule has 3 heterocycles. The molecule has 2 aliphatic heterocycles. The number of pyridine rings is 1. The highest BCUT2D eigenvalue weighted by atomic mass is 16.2. The lowest BCUT2D eigenvalue weighted by Gasteiger charge is -2.61. The number of nitrogens with zero attached hydrogens (tertiary/aromatic N) is 3. The van der Waals surface area contributed by atoms with Crippen molar-refractivity contribution in [2.24, 2.45) is 5.41 Å². The van der Waals surface area contributed by atoms with Crippen LogP contribution in [0.4, 0.5) is 0 Å². The van der Waals surface area contributed by atoms with Gasteiger partial charge in [-0.25, -0.2) is 0 Å². The zero-order chi connectivity index (χ0) is 18.9. The van der Waals surface area contributed by atoms with Crippen LogP contribution in [0.15, 0.2) is 24.5 Å². The molecule has 0 aromatic carbocycles. The van der Waals surface area contributed by atoms with Crippen molar-refractivity contribution in [3.05, 3.63) is 30.1 Å². The van der Waals surface area contributed by atoms with E-state index in [1.807, 2.05) is 24.2 Å². The average molecular weight is 370 g/mol. The largest absolute Gasteiger partial charge is 0.343 e. The summed E-state index contributed by atoms with van der Waals surface area (Å²) < 4.78 is 0. The molecule has 0 N–H and O–H groups in total. The second kappa shape index (κ2) is 7.61. The summed E-state index contributed by atoms with van der Waals surface area (Å²) >= 11 is 0. The highest BCUT2D eigenvalue weighted by Crippen LogP contribution is 2.59. The SMILES string of the molecule is CCCC(=O)N1CCC(N2C(=O)C3(CCCCC3)C2c2ccncc2)CC1. The van der Waals surface area contributed by atoms with E-state index in [1.165, 1.54) is 12.0 Å². The summed E-state index contributed by atoms with van der Waals surface area (Å²) in [6.07, 6.45) is 12.6. The summed E-state index contributed by atoms with van der Waals surface area (Å²) in [5.41, 5.74) is 1.05. The third-order valence-electron chi connectivity index (χ3n) is 6.90. The third-order valence-corrected chi connectivity index (χ3v) is 6.90. The van der Waals surface area contributed by atoms with Crippen LogP contribution in [0.3, 0.4) is 0 Å². The molecule has 1 aliphatic carbocycles. The van der Waals surface area contributed by atoms with Gasteiger partial charge in [-0.2, -0.15) is 0 Å². The fourth-order valence-electron chi connectivity index (χ4n) is 5.53. The molecule has 5 heteroatoms. The van der Waals surface area contributed by atoms with Crippen molar-refractivity contribution in [3.63, 3.8) is 0 Å². The Morgan fingerprint density at radius 3 is 2.44 bits per heavy atom. The van der Waals surface area contributed by atoms with Crippen LogP contribution in [-0.4, -0.2) is 45.7 Å². The number of carbonyl (C=O) groups is 2. The van der Waals surface area contributed by atoms with Crippen LogP contribution in [-0.2, 0) is 9.59 Å². The molecule has 3 fully saturated rings. The van der Waals surface area contributed by atoms with E-state index in [1.54, 1.807) is 0 Å². The van der Waals surface area contributed by atoms with Gasteiger partial charge in [0.25, 0.3) is 0 Å². The van der Waals surface area contributed by atoms with Gasteiger partial charge in [0.1, 0.15) is 0 Å². The summed E-state index contributed by atoms with van der Waals surface area (Å²) in [6.45, 7) is 3.61. The highest BCUT2D eigenvalue weighted by molar-refractivity contribution is 5.91. The first-order valence-corrected chi connectivity index (χ1v) is 10.7. The van der Waals surface area contributed by atoms with Gasteiger partial charge in [-0.3, -0.25) is 14.6 Å². The Kier molecular flexibility index (Phi) is 5.20. The molecule has 1 aromatic heterocycles. The monoisotopic (exact) mass is 369 g/mol. The minimum atomic E-state index is -0.186. The van der Waals surface area contributed by atoms with Crippen LogP contribution in [0, 0.1) is 5.41 Å². The van der Waals surface area contributed by atoms with E-state index in [-0.39, 0.29) is 23.4 Å². The summed E-state index contributed by atoms with van der Waals surface area (Å²) in [6, 6.07) is 4.62. The summed E-state index contributed by atoms with van der Waals surface area (Å²) in [7, 11) is 0. The quantitative estimate of drug-likeness (QED) is 0.760. The van der Waals surface area contributed by atoms with Crippen molar-refractivity contribution in [2.75, 3.05) is 13.1 Å². The molecule has 2 saturated heterocycles. The fraction of sp³-hybridized carbons (Fsp3) is 0.682. The second-order valence-corrected chi connectivity index (χ2v) is 8.47. The maximum absolute atomic E-state index is 13.4. The lowest BCUT2D eigenvalue weighted by Crippen LogP contribution is -2.67. The number of hydrogen-bond donors (Lipinski definition) is 0. The molecule has 0 radical (unpaired) electrons. The molecule has 1 unspecified atom stereocenters. The van der Waals surface area contributed by atoms with Gasteiger partial charge in [0.2, 0.25) is 11.8 Å². The van der Waals surface area contributed by atoms with Crippen LogP contribution >= 0.6 is 0 Å². The van der Waals surface area contributed by atoms with Gasteiger partial charge in [0.15, 0.2) is 0 Å². The van der Waals surface area contributed by atoms with E-state index < -0.39 is 0 Å². The smallest absolute Gasteiger partial charge is 0.232 e. The zero-order valence-electron chi connectivity index (χ0n) is 16.4. The molecular weight excluding hydrogens is 338 g/mol. The molecule has 2 amide bonds. The lowest BCUT2D eigenvalue weighted by molar-refractivity contribution is -0.186. The Bertz CT molecular complexity index is 676. The number of aromatic nitrogens is 1. The molecule has 4 rings (SSSR count). The maximum atomic E-state index is 13.4. The Morgan fingerprint density at radius 1 is 1.15 bits per heavy atom. The van der Waals surface area contributed by atoms with Crippen LogP contribution < -0.4 is 0 Å². The summed E-state index contributed by atoms with van der Waals surface area (Å²) in [5.74, 6) is 0.627. The van der Waals surface area contributed by atoms with Crippen LogP contribution in [0.5, 0.6) is 0 Å². The van der Waals surface area contributed by atoms with Crippen LogP contribution in [0.2, 0.25) is 0 Å². The zero-order valence-corrected chi connectivity index (χ0v) is 16.4. The Balaban J connectivity index is 1.52. The van der Waals surface area contributed by atoms with Crippen molar-refractivity contribution < 1.29 is 9.59 Å². The van der Waals surface area contributed by atoms with Crippen molar-refractivity contribution in [2.45, 2.75) is 76.8 Å². The molecule has 1 spiro atoms. The number of β-lactam (4-membered cyclic amide) rings is 1. The molecule has 5 nitrogen and oxygen atoms in total. The molecule has 3 aliphatic rings. The molecule has 1 atom stereocenters. The van der Waals surface area contributed by atoms with E-state index >= 15 is 0 Å². The minimum absolute atomic E-state index is 0.186. The first-order chi connectivity index (χ1) is 13.2. The Morgan fingerprint density at radius 2 is 1.81 bits per heavy atom. The fourth-order valence-corrected chi connectivity index (χ4v) is 5.53. The van der Waals surface area contributed by atoms with Gasteiger partial charge in [-0.15, -0.1) is 0 Å². The van der Waals surface area contributed by atoms with Gasteiger partial charge in [0, 0.05) is 37.9 Å². The topological polar surface area (TPSA) is 53.5 Å². The molecule has 1 saturated carbocycles. The van der Waals surface area contributed by atoms with Crippen molar-refractivity contribution in [1.29, 1.82) is 0 Å². The van der Waals surface area contributed by atoms with Crippen molar-refractivity contribution in [1.82, 2.24) is 14.8 Å². The first kappa shape index (κ1) is 18.5. The summed E-state index contributed by atoms with van der Waals surface area (Å²) in [4.78, 5) is 33.9. The third kappa shape index (κ3) is 3.15. The normalized spacial score (nSPS) is 25.5. The maximum Gasteiger partial charge on any atom is 0.232 e. The second-order valence-electron chi connectivity index (χ2n) is 8.47. The number of carbonyl (C=O) groups excluding carboxylic acids is 2. The van der Waals surface area contributed by atoms with Crippen molar-refractivity contribution >= 4 is 11.8 Å². The molecule has 27 heavy (non-hydrogen) atoms. The number of rotatable bonds is 4. The molecule has 0 bridgehead atoms. The van der Waals surface area contributed by atoms with Gasteiger partial charge in [-0.05, 0) is 49.8 Å². The van der Waals surface area contributed by atoms with E-state index in [9.17, 15) is 9.59 Å². The van der Waals surface area contributed by atoms with E-state index in [0.717, 1.165) is 58.0 Å². The molecular formula is C22H31N3O2. The summed E-state index contributed by atoms with van der Waals surface area (Å²) in [5, 5.41) is 0. The van der Waals surface area contributed by atoms with Crippen molar-refractivity contribution in [3.8, 4) is 0 Å². The number of likely N-dealkylation sites (tertiary alicyclic amines) is 2. The van der Waals surface area contributed by atoms with E-state index in [4.69, 9.17) is 0 Å². The van der Waals surface area contributed by atoms with Crippen LogP contribution in [0.1, 0.15) is 76.3 Å². The average Bonchev–Trinajstić information content (AvgIpc) is 2.73. The standard InChI is InChI=1S/C22H31N3O2/c1-2-6-19(26)24-15-9-18(10-16-24)25-20(17-7-13-23-14-8-17)22(21(25)27)11-4-3-5-12-22/h7-8,13-14,18,20H,2-6,9-12,15-16H2,1H3. The first-order valence-electron chi connectivity index (χ1n) is 10.7.